The van der Waals surface area contributed by atoms with E-state index >= 15 is 0 Å². The molecule has 0 unspecified atom stereocenters. The molecule has 3 rings (SSSR count). The van der Waals surface area contributed by atoms with Crippen LogP contribution >= 0.6 is 0 Å². The Morgan fingerprint density at radius 2 is 1.69 bits per heavy atom. The number of ether oxygens (including phenoxy) is 2. The van der Waals surface area contributed by atoms with E-state index in [-0.39, 0.29) is 16.9 Å². The molecule has 3 N–H and O–H groups in total. The van der Waals surface area contributed by atoms with Crippen LogP contribution in [0.2, 0.25) is 0 Å². The third kappa shape index (κ3) is 7.54. The minimum atomic E-state index is -4.66. The van der Waals surface area contributed by atoms with E-state index in [9.17, 15) is 46.0 Å². The number of carboxylic acids is 1. The molecule has 0 aromatic heterocycles. The molecule has 0 atom stereocenters. The Balaban J connectivity index is 1.97. The number of alkyl halides is 4. The van der Waals surface area contributed by atoms with Crippen molar-refractivity contribution in [2.24, 2.45) is 5.10 Å². The van der Waals surface area contributed by atoms with Crippen molar-refractivity contribution in [3.63, 3.8) is 0 Å². The number of nitrogens with one attached hydrogen (secondary N) is 2. The zero-order chi connectivity index (χ0) is 28.7. The number of anilines is 2. The summed E-state index contributed by atoms with van der Waals surface area (Å²) in [6.45, 7) is -6.57. The van der Waals surface area contributed by atoms with Crippen LogP contribution in [0.1, 0.15) is 15.9 Å². The van der Waals surface area contributed by atoms with Crippen LogP contribution in [0.25, 0.3) is 0 Å². The van der Waals surface area contributed by atoms with Gasteiger partial charge in [0.1, 0.15) is 16.4 Å². The fourth-order valence-electron chi connectivity index (χ4n) is 3.06. The highest BCUT2D eigenvalue weighted by Gasteiger charge is 2.24. The highest BCUT2D eigenvalue weighted by molar-refractivity contribution is 7.93. The number of carbonyl (C=O) groups is 1. The molecule has 0 aliphatic carbocycles. The van der Waals surface area contributed by atoms with Gasteiger partial charge in [-0.3, -0.25) is 20.3 Å². The van der Waals surface area contributed by atoms with Gasteiger partial charge in [-0.1, -0.05) is 12.1 Å². The van der Waals surface area contributed by atoms with Crippen molar-refractivity contribution in [1.82, 2.24) is 0 Å². The van der Waals surface area contributed by atoms with Crippen LogP contribution in [0.15, 0.2) is 70.7 Å². The normalized spacial score (nSPS) is 11.5. The number of hydrogen-bond acceptors (Lipinski definition) is 9. The number of benzene rings is 3. The Labute approximate surface area is 216 Å². The fraction of sp³-hybridized carbons (Fsp3) is 0.0909. The lowest BCUT2D eigenvalue weighted by Crippen LogP contribution is -2.17. The summed E-state index contributed by atoms with van der Waals surface area (Å²) < 4.78 is 87.2. The first-order chi connectivity index (χ1) is 18.4. The molecule has 206 valence electrons. The lowest BCUT2D eigenvalue weighted by molar-refractivity contribution is -0.385. The number of nitrogens with zero attached hydrogens (tertiary/aromatic N) is 2. The van der Waals surface area contributed by atoms with E-state index in [0.717, 1.165) is 48.7 Å². The number of carboxylic acid groups (broad SMARTS) is 1. The van der Waals surface area contributed by atoms with Crippen LogP contribution in [-0.4, -0.2) is 43.9 Å². The first-order valence-corrected chi connectivity index (χ1v) is 11.8. The topological polar surface area (TPSA) is 169 Å². The van der Waals surface area contributed by atoms with Crippen molar-refractivity contribution in [3.8, 4) is 11.5 Å². The van der Waals surface area contributed by atoms with Gasteiger partial charge in [0.15, 0.2) is 0 Å². The standard InChI is InChI=1S/C22H16F4N4O8S/c23-21(24)37-14-7-5-12(18(10-14)38-22(25)26)11-27-28-17-8-6-13(30(33)34)9-19(17)39(35,36)29-16-4-2-1-3-15(16)20(31)32/h1-11,21-22,28-29H,(H,31,32). The minimum absolute atomic E-state index is 0.163. The van der Waals surface area contributed by atoms with Gasteiger partial charge >= 0.3 is 19.2 Å². The highest BCUT2D eigenvalue weighted by Crippen LogP contribution is 2.30. The molecule has 0 saturated heterocycles. The molecule has 0 radical (unpaired) electrons. The number of para-hydroxylation sites is 1. The smallest absolute Gasteiger partial charge is 0.387 e. The number of sulfonamides is 1. The van der Waals surface area contributed by atoms with Crippen LogP contribution in [0, 0.1) is 10.1 Å². The van der Waals surface area contributed by atoms with Gasteiger partial charge in [-0.05, 0) is 30.3 Å². The van der Waals surface area contributed by atoms with E-state index in [0.29, 0.717) is 6.07 Å². The van der Waals surface area contributed by atoms with Crippen LogP contribution in [0.3, 0.4) is 0 Å². The third-order valence-electron chi connectivity index (χ3n) is 4.68. The van der Waals surface area contributed by atoms with E-state index in [2.05, 4.69) is 24.7 Å². The number of hydrazone groups is 1. The molecular formula is C22H16F4N4O8S. The Kier molecular flexibility index (Phi) is 8.87. The van der Waals surface area contributed by atoms with Crippen molar-refractivity contribution < 1.29 is 50.3 Å². The van der Waals surface area contributed by atoms with Crippen LogP contribution in [0.4, 0.5) is 34.6 Å². The largest absolute Gasteiger partial charge is 0.478 e. The molecule has 0 aliphatic heterocycles. The Bertz CT molecular complexity index is 1520. The maximum atomic E-state index is 13.1. The monoisotopic (exact) mass is 572 g/mol. The van der Waals surface area contributed by atoms with Crippen molar-refractivity contribution in [3.05, 3.63) is 81.9 Å². The number of aromatic carboxylic acids is 1. The third-order valence-corrected chi connectivity index (χ3v) is 6.09. The average molecular weight is 572 g/mol. The number of rotatable bonds is 12. The summed E-state index contributed by atoms with van der Waals surface area (Å²) in [6.07, 6.45) is 0.884. The summed E-state index contributed by atoms with van der Waals surface area (Å²) in [4.78, 5) is 21.1. The maximum absolute atomic E-state index is 13.1. The number of nitro groups is 1. The number of non-ortho nitro benzene ring substituents is 1. The summed E-state index contributed by atoms with van der Waals surface area (Å²) >= 11 is 0. The van der Waals surface area contributed by atoms with E-state index in [1.807, 2.05) is 0 Å². The second kappa shape index (κ2) is 12.1. The van der Waals surface area contributed by atoms with Crippen LogP contribution in [-0.2, 0) is 10.0 Å². The molecule has 3 aromatic rings. The molecule has 39 heavy (non-hydrogen) atoms. The van der Waals surface area contributed by atoms with E-state index in [1.165, 1.54) is 12.1 Å². The van der Waals surface area contributed by atoms with E-state index in [1.54, 1.807) is 0 Å². The first kappa shape index (κ1) is 28.6. The van der Waals surface area contributed by atoms with Crippen LogP contribution < -0.4 is 19.6 Å². The SMILES string of the molecule is O=C(O)c1ccccc1NS(=O)(=O)c1cc([N+](=O)[O-])ccc1NN=Cc1ccc(OC(F)F)cc1OC(F)F. The van der Waals surface area contributed by atoms with Gasteiger partial charge in [-0.15, -0.1) is 0 Å². The van der Waals surface area contributed by atoms with Gasteiger partial charge in [0, 0.05) is 23.8 Å². The van der Waals surface area contributed by atoms with Crippen molar-refractivity contribution in [2.75, 3.05) is 10.1 Å². The van der Waals surface area contributed by atoms with E-state index < -0.39 is 61.8 Å². The van der Waals surface area contributed by atoms with E-state index in [4.69, 9.17) is 0 Å². The molecule has 17 heteroatoms. The Morgan fingerprint density at radius 1 is 1.00 bits per heavy atom. The second-order valence-corrected chi connectivity index (χ2v) is 8.87. The lowest BCUT2D eigenvalue weighted by atomic mass is 10.2. The zero-order valence-electron chi connectivity index (χ0n) is 19.1. The molecule has 0 amide bonds. The molecule has 3 aromatic carbocycles. The number of nitro benzene ring substituents is 1. The van der Waals surface area contributed by atoms with Gasteiger partial charge in [-0.25, -0.2) is 13.2 Å². The lowest BCUT2D eigenvalue weighted by Gasteiger charge is -2.13. The summed E-state index contributed by atoms with van der Waals surface area (Å²) in [7, 11) is -4.66. The molecule has 0 spiro atoms. The van der Waals surface area contributed by atoms with Gasteiger partial charge in [0.2, 0.25) is 0 Å². The molecular weight excluding hydrogens is 556 g/mol. The molecule has 12 nitrogen and oxygen atoms in total. The molecule has 0 fully saturated rings. The van der Waals surface area contributed by atoms with Crippen molar-refractivity contribution >= 4 is 39.3 Å². The fourth-order valence-corrected chi connectivity index (χ4v) is 4.32. The highest BCUT2D eigenvalue weighted by atomic mass is 32.2. The Hall–Kier alpha value is -4.93. The summed E-state index contributed by atoms with van der Waals surface area (Å²) in [5, 5.41) is 24.3. The maximum Gasteiger partial charge on any atom is 0.387 e. The molecule has 0 bridgehead atoms. The van der Waals surface area contributed by atoms with Gasteiger partial charge in [0.25, 0.3) is 15.7 Å². The molecule has 0 aliphatic rings. The van der Waals surface area contributed by atoms with Crippen molar-refractivity contribution in [1.29, 1.82) is 0 Å². The van der Waals surface area contributed by atoms with Gasteiger partial charge < -0.3 is 14.6 Å². The average Bonchev–Trinajstić information content (AvgIpc) is 2.84. The van der Waals surface area contributed by atoms with Gasteiger partial charge in [-0.2, -0.15) is 22.7 Å². The predicted octanol–water partition coefficient (Wildman–Crippen LogP) is 4.74. The molecule has 0 heterocycles. The van der Waals surface area contributed by atoms with Gasteiger partial charge in [0.05, 0.1) is 28.1 Å². The second-order valence-electron chi connectivity index (χ2n) is 7.22. The number of hydrogen-bond donors (Lipinski definition) is 3. The first-order valence-electron chi connectivity index (χ1n) is 10.3. The quantitative estimate of drug-likeness (QED) is 0.120. The predicted molar refractivity (Wildman–Crippen MR) is 128 cm³/mol. The summed E-state index contributed by atoms with van der Waals surface area (Å²) in [6, 6.07) is 10.5. The zero-order valence-corrected chi connectivity index (χ0v) is 19.9. The summed E-state index contributed by atoms with van der Waals surface area (Å²) in [5.41, 5.74) is 0.459. The van der Waals surface area contributed by atoms with Crippen molar-refractivity contribution in [2.45, 2.75) is 18.1 Å². The Morgan fingerprint density at radius 3 is 2.33 bits per heavy atom. The summed E-state index contributed by atoms with van der Waals surface area (Å²) in [5.74, 6) is -2.53. The van der Waals surface area contributed by atoms with Crippen LogP contribution in [0.5, 0.6) is 11.5 Å². The minimum Gasteiger partial charge on any atom is -0.478 e. The number of halogens is 4. The molecule has 0 saturated carbocycles.